The summed E-state index contributed by atoms with van der Waals surface area (Å²) >= 11 is 0. The van der Waals surface area contributed by atoms with E-state index in [9.17, 15) is 19.5 Å². The summed E-state index contributed by atoms with van der Waals surface area (Å²) in [6, 6.07) is -1.08. The van der Waals surface area contributed by atoms with E-state index in [1.165, 1.54) is 6.92 Å². The molecule has 148 valence electrons. The van der Waals surface area contributed by atoms with E-state index in [1.807, 2.05) is 0 Å². The average Bonchev–Trinajstić information content (AvgIpc) is 2.73. The summed E-state index contributed by atoms with van der Waals surface area (Å²) in [5.41, 5.74) is 0. The molecule has 0 spiro atoms. The molecule has 1 amide bonds. The van der Waals surface area contributed by atoms with Gasteiger partial charge >= 0.3 is 0 Å². The van der Waals surface area contributed by atoms with Crippen molar-refractivity contribution in [2.75, 3.05) is 6.61 Å². The molecule has 0 bridgehead atoms. The number of aliphatic hydroxyl groups is 1. The Morgan fingerprint density at radius 2 is 1.30 bits per heavy atom. The lowest BCUT2D eigenvalue weighted by atomic mass is 9.98. The molecule has 2 N–H and O–H groups in total. The molecular weight excluding hydrogens is 378 g/mol. The SMILES string of the molecule is CC#CC#CC#CC#CC#CC#CC#CC(=O)N[C@@H](CO)C(=O)CCC(C)C(C)=O. The Balaban J connectivity index is 4.60. The first-order valence-electron chi connectivity index (χ1n) is 8.79. The molecule has 0 heterocycles. The highest BCUT2D eigenvalue weighted by atomic mass is 16.3. The van der Waals surface area contributed by atoms with Gasteiger partial charge in [0.2, 0.25) is 0 Å². The molecule has 30 heavy (non-hydrogen) atoms. The van der Waals surface area contributed by atoms with Crippen LogP contribution < -0.4 is 5.32 Å². The fourth-order valence-corrected chi connectivity index (χ4v) is 1.62. The van der Waals surface area contributed by atoms with Gasteiger partial charge in [0, 0.05) is 18.3 Å². The Hall–Kier alpha value is -4.31. The van der Waals surface area contributed by atoms with Crippen LogP contribution in [0.3, 0.4) is 0 Å². The number of hydrogen-bond donors (Lipinski definition) is 2. The van der Waals surface area contributed by atoms with Crippen LogP contribution in [0.25, 0.3) is 0 Å². The first-order chi connectivity index (χ1) is 14.4. The highest BCUT2D eigenvalue weighted by Crippen LogP contribution is 2.08. The Labute approximate surface area is 177 Å². The lowest BCUT2D eigenvalue weighted by molar-refractivity contribution is -0.127. The molecule has 5 nitrogen and oxygen atoms in total. The number of nitrogens with one attached hydrogen (secondary N) is 1. The fraction of sp³-hybridized carbons (Fsp3) is 0.320. The Morgan fingerprint density at radius 1 is 0.833 bits per heavy atom. The van der Waals surface area contributed by atoms with Crippen molar-refractivity contribution in [3.8, 4) is 82.9 Å². The Morgan fingerprint density at radius 3 is 1.73 bits per heavy atom. The van der Waals surface area contributed by atoms with E-state index in [0.29, 0.717) is 6.42 Å². The van der Waals surface area contributed by atoms with Crippen LogP contribution in [0.2, 0.25) is 0 Å². The van der Waals surface area contributed by atoms with E-state index in [1.54, 1.807) is 13.8 Å². The number of amides is 1. The maximum absolute atomic E-state index is 12.0. The van der Waals surface area contributed by atoms with Crippen LogP contribution in [0.4, 0.5) is 0 Å². The molecule has 0 aromatic heterocycles. The topological polar surface area (TPSA) is 83.5 Å². The molecule has 0 aromatic carbocycles. The molecule has 0 saturated heterocycles. The molecule has 0 saturated carbocycles. The molecule has 5 heteroatoms. The van der Waals surface area contributed by atoms with E-state index in [4.69, 9.17) is 0 Å². The van der Waals surface area contributed by atoms with Crippen molar-refractivity contribution in [1.82, 2.24) is 5.32 Å². The van der Waals surface area contributed by atoms with Crippen LogP contribution in [0.15, 0.2) is 0 Å². The maximum Gasteiger partial charge on any atom is 0.297 e. The first kappa shape index (κ1) is 25.7. The summed E-state index contributed by atoms with van der Waals surface area (Å²) < 4.78 is 0. The summed E-state index contributed by atoms with van der Waals surface area (Å²) in [6.45, 7) is 4.27. The van der Waals surface area contributed by atoms with Crippen molar-refractivity contribution in [3.05, 3.63) is 0 Å². The van der Waals surface area contributed by atoms with Crippen molar-refractivity contribution >= 4 is 17.5 Å². The van der Waals surface area contributed by atoms with Gasteiger partial charge in [0.05, 0.1) is 6.61 Å². The summed E-state index contributed by atoms with van der Waals surface area (Å²) in [5.74, 6) is 32.6. The van der Waals surface area contributed by atoms with Crippen LogP contribution in [-0.4, -0.2) is 35.2 Å². The maximum atomic E-state index is 12.0. The second-order valence-electron chi connectivity index (χ2n) is 5.60. The first-order valence-corrected chi connectivity index (χ1v) is 8.79. The molecule has 2 atom stereocenters. The fourth-order valence-electron chi connectivity index (χ4n) is 1.62. The zero-order valence-electron chi connectivity index (χ0n) is 16.9. The number of ketones is 2. The molecule has 0 aliphatic rings. The van der Waals surface area contributed by atoms with Gasteiger partial charge in [-0.15, -0.1) is 0 Å². The summed E-state index contributed by atoms with van der Waals surface area (Å²) in [6.07, 6.45) is 0.422. The average molecular weight is 397 g/mol. The quantitative estimate of drug-likeness (QED) is 0.596. The highest BCUT2D eigenvalue weighted by molar-refractivity contribution is 5.98. The van der Waals surface area contributed by atoms with E-state index < -0.39 is 18.6 Å². The van der Waals surface area contributed by atoms with Crippen molar-refractivity contribution in [2.45, 2.75) is 39.7 Å². The van der Waals surface area contributed by atoms with Gasteiger partial charge in [0.1, 0.15) is 11.8 Å². The minimum Gasteiger partial charge on any atom is -0.394 e. The van der Waals surface area contributed by atoms with Gasteiger partial charge in [-0.3, -0.25) is 14.4 Å². The second kappa shape index (κ2) is 16.8. The summed E-state index contributed by atoms with van der Waals surface area (Å²) in [5, 5.41) is 11.6. The smallest absolute Gasteiger partial charge is 0.297 e. The number of carbonyl (C=O) groups is 3. The monoisotopic (exact) mass is 397 g/mol. The minimum absolute atomic E-state index is 0.0223. The Kier molecular flexibility index (Phi) is 14.4. The molecule has 0 rings (SSSR count). The molecule has 0 aliphatic carbocycles. The van der Waals surface area contributed by atoms with Gasteiger partial charge < -0.3 is 10.4 Å². The third kappa shape index (κ3) is 13.8. The predicted octanol–water partition coefficient (Wildman–Crippen LogP) is 0.0816. The summed E-state index contributed by atoms with van der Waals surface area (Å²) in [4.78, 5) is 34.9. The number of rotatable bonds is 7. The molecular formula is C25H19NO4. The highest BCUT2D eigenvalue weighted by Gasteiger charge is 2.20. The van der Waals surface area contributed by atoms with Crippen LogP contribution in [-0.2, 0) is 14.4 Å². The van der Waals surface area contributed by atoms with Gasteiger partial charge in [0.25, 0.3) is 5.91 Å². The molecule has 0 fully saturated rings. The van der Waals surface area contributed by atoms with Gasteiger partial charge in [-0.05, 0) is 91.3 Å². The normalized spacial score (nSPS) is 9.33. The second-order valence-corrected chi connectivity index (χ2v) is 5.60. The standard InChI is InChI=1S/C25H19NO4/c1-4-5-6-7-8-9-10-11-12-13-14-15-16-17-25(30)26-23(20-27)24(29)19-18-21(2)22(3)28/h21,23,27H,18-20H2,1-3H3,(H,26,30)/t21?,23-/m0/s1. The van der Waals surface area contributed by atoms with Crippen LogP contribution in [0, 0.1) is 88.8 Å². The predicted molar refractivity (Wildman–Crippen MR) is 113 cm³/mol. The zero-order valence-corrected chi connectivity index (χ0v) is 16.9. The van der Waals surface area contributed by atoms with Gasteiger partial charge in [-0.1, -0.05) is 12.8 Å². The third-order valence-corrected chi connectivity index (χ3v) is 3.38. The molecule has 0 aromatic rings. The van der Waals surface area contributed by atoms with Crippen LogP contribution in [0.5, 0.6) is 0 Å². The molecule has 0 aliphatic heterocycles. The van der Waals surface area contributed by atoms with E-state index in [2.05, 4.69) is 88.2 Å². The van der Waals surface area contributed by atoms with Crippen LogP contribution >= 0.6 is 0 Å². The van der Waals surface area contributed by atoms with Crippen molar-refractivity contribution in [2.24, 2.45) is 5.92 Å². The number of aliphatic hydroxyl groups excluding tert-OH is 1. The Bertz CT molecular complexity index is 1100. The third-order valence-electron chi connectivity index (χ3n) is 3.38. The van der Waals surface area contributed by atoms with Crippen molar-refractivity contribution in [3.63, 3.8) is 0 Å². The largest absolute Gasteiger partial charge is 0.394 e. The van der Waals surface area contributed by atoms with E-state index >= 15 is 0 Å². The minimum atomic E-state index is -1.08. The molecule has 1 unspecified atom stereocenters. The lowest BCUT2D eigenvalue weighted by Gasteiger charge is -2.14. The van der Waals surface area contributed by atoms with E-state index in [0.717, 1.165) is 0 Å². The van der Waals surface area contributed by atoms with E-state index in [-0.39, 0.29) is 23.9 Å². The summed E-state index contributed by atoms with van der Waals surface area (Å²) in [7, 11) is 0. The number of carbonyl (C=O) groups excluding carboxylic acids is 3. The van der Waals surface area contributed by atoms with Crippen molar-refractivity contribution < 1.29 is 19.5 Å². The number of Topliss-reactive ketones (excluding diaryl/α,β-unsaturated/α-hetero) is 2. The number of hydrogen-bond acceptors (Lipinski definition) is 4. The van der Waals surface area contributed by atoms with Crippen molar-refractivity contribution in [1.29, 1.82) is 0 Å². The van der Waals surface area contributed by atoms with Gasteiger partial charge in [0.15, 0.2) is 5.78 Å². The van der Waals surface area contributed by atoms with Crippen LogP contribution in [0.1, 0.15) is 33.6 Å². The van der Waals surface area contributed by atoms with Gasteiger partial charge in [-0.25, -0.2) is 0 Å². The van der Waals surface area contributed by atoms with Gasteiger partial charge in [-0.2, -0.15) is 0 Å². The zero-order chi connectivity index (χ0) is 22.6. The lowest BCUT2D eigenvalue weighted by Crippen LogP contribution is -2.43. The molecule has 0 radical (unpaired) electrons.